The van der Waals surface area contributed by atoms with Crippen LogP contribution in [0.2, 0.25) is 0 Å². The van der Waals surface area contributed by atoms with Crippen molar-refractivity contribution in [3.05, 3.63) is 41.4 Å². The highest BCUT2D eigenvalue weighted by molar-refractivity contribution is 5.58. The summed E-state index contributed by atoms with van der Waals surface area (Å²) < 4.78 is 5.77. The molecule has 1 aromatic heterocycles. The van der Waals surface area contributed by atoms with Gasteiger partial charge in [0.25, 0.3) is 0 Å². The molecular formula is C15H18N2O. The number of nitrogens with zero attached hydrogens (tertiary/aromatic N) is 1. The van der Waals surface area contributed by atoms with E-state index in [1.807, 2.05) is 6.20 Å². The van der Waals surface area contributed by atoms with Crippen LogP contribution in [0.3, 0.4) is 0 Å². The highest BCUT2D eigenvalue weighted by Crippen LogP contribution is 2.24. The summed E-state index contributed by atoms with van der Waals surface area (Å²) in [4.78, 5) is 4.32. The molecule has 1 aliphatic rings. The largest absolute Gasteiger partial charge is 0.439 e. The van der Waals surface area contributed by atoms with Crippen LogP contribution in [0.25, 0.3) is 11.3 Å². The van der Waals surface area contributed by atoms with Crippen molar-refractivity contribution in [3.8, 4) is 11.3 Å². The van der Waals surface area contributed by atoms with Gasteiger partial charge < -0.3 is 9.73 Å². The lowest BCUT2D eigenvalue weighted by Gasteiger charge is -2.02. The third-order valence-corrected chi connectivity index (χ3v) is 3.46. The molecule has 1 N–H and O–H groups in total. The number of benzene rings is 1. The van der Waals surface area contributed by atoms with E-state index in [1.54, 1.807) is 0 Å². The summed E-state index contributed by atoms with van der Waals surface area (Å²) in [5.41, 5.74) is 3.68. The van der Waals surface area contributed by atoms with Crippen molar-refractivity contribution in [3.63, 3.8) is 0 Å². The first-order valence-corrected chi connectivity index (χ1v) is 6.48. The van der Waals surface area contributed by atoms with Crippen LogP contribution in [0.5, 0.6) is 0 Å². The molecule has 0 radical (unpaired) electrons. The monoisotopic (exact) mass is 242 g/mol. The standard InChI is InChI=1S/C15H18N2O/c1-10-3-4-12(7-11(10)2)14-8-17-15(18-14)9-16-13-5-6-13/h3-4,7-8,13,16H,5-6,9H2,1-2H3. The van der Waals surface area contributed by atoms with E-state index >= 15 is 0 Å². The van der Waals surface area contributed by atoms with Gasteiger partial charge in [-0.1, -0.05) is 12.1 Å². The molecule has 3 rings (SSSR count). The quantitative estimate of drug-likeness (QED) is 0.894. The van der Waals surface area contributed by atoms with Crippen molar-refractivity contribution in [1.29, 1.82) is 0 Å². The zero-order chi connectivity index (χ0) is 12.5. The normalized spacial score (nSPS) is 15.0. The number of oxazole rings is 1. The van der Waals surface area contributed by atoms with Gasteiger partial charge in [-0.25, -0.2) is 4.98 Å². The van der Waals surface area contributed by atoms with E-state index in [0.29, 0.717) is 6.04 Å². The molecule has 0 bridgehead atoms. The number of rotatable bonds is 4. The minimum Gasteiger partial charge on any atom is -0.439 e. The summed E-state index contributed by atoms with van der Waals surface area (Å²) in [6, 6.07) is 7.03. The minimum atomic E-state index is 0.682. The zero-order valence-electron chi connectivity index (χ0n) is 10.9. The second kappa shape index (κ2) is 4.58. The van der Waals surface area contributed by atoms with Gasteiger partial charge in [0.15, 0.2) is 5.76 Å². The van der Waals surface area contributed by atoms with Crippen LogP contribution in [-0.4, -0.2) is 11.0 Å². The van der Waals surface area contributed by atoms with Crippen LogP contribution >= 0.6 is 0 Å². The lowest BCUT2D eigenvalue weighted by Crippen LogP contribution is -2.15. The molecule has 0 unspecified atom stereocenters. The Kier molecular flexibility index (Phi) is 2.92. The third-order valence-electron chi connectivity index (χ3n) is 3.46. The van der Waals surface area contributed by atoms with Crippen molar-refractivity contribution >= 4 is 0 Å². The van der Waals surface area contributed by atoms with Gasteiger partial charge in [-0.3, -0.25) is 0 Å². The predicted octanol–water partition coefficient (Wildman–Crippen LogP) is 3.21. The zero-order valence-corrected chi connectivity index (χ0v) is 10.9. The summed E-state index contributed by atoms with van der Waals surface area (Å²) in [6.07, 6.45) is 4.38. The Labute approximate surface area is 107 Å². The van der Waals surface area contributed by atoms with Gasteiger partial charge in [0.2, 0.25) is 5.89 Å². The van der Waals surface area contributed by atoms with Crippen molar-refractivity contribution in [2.75, 3.05) is 0 Å². The van der Waals surface area contributed by atoms with Crippen LogP contribution in [-0.2, 0) is 6.54 Å². The summed E-state index contributed by atoms with van der Waals surface area (Å²) >= 11 is 0. The maximum absolute atomic E-state index is 5.77. The maximum Gasteiger partial charge on any atom is 0.208 e. The average molecular weight is 242 g/mol. The maximum atomic E-state index is 5.77. The number of aryl methyl sites for hydroxylation is 2. The molecule has 0 aliphatic heterocycles. The molecule has 0 atom stereocenters. The molecule has 3 nitrogen and oxygen atoms in total. The van der Waals surface area contributed by atoms with E-state index in [2.05, 4.69) is 42.3 Å². The summed E-state index contributed by atoms with van der Waals surface area (Å²) in [5, 5.41) is 3.40. The molecule has 1 fully saturated rings. The van der Waals surface area contributed by atoms with Crippen LogP contribution < -0.4 is 5.32 Å². The SMILES string of the molecule is Cc1ccc(-c2cnc(CNC3CC3)o2)cc1C. The summed E-state index contributed by atoms with van der Waals surface area (Å²) in [5.74, 6) is 1.63. The number of nitrogens with one attached hydrogen (secondary N) is 1. The molecule has 0 spiro atoms. The molecular weight excluding hydrogens is 224 g/mol. The molecule has 2 aromatic rings. The predicted molar refractivity (Wildman–Crippen MR) is 71.3 cm³/mol. The van der Waals surface area contributed by atoms with E-state index in [0.717, 1.165) is 23.8 Å². The van der Waals surface area contributed by atoms with Crippen molar-refractivity contribution in [1.82, 2.24) is 10.3 Å². The molecule has 1 aliphatic carbocycles. The Balaban J connectivity index is 1.76. The fraction of sp³-hybridized carbons (Fsp3) is 0.400. The molecule has 94 valence electrons. The van der Waals surface area contributed by atoms with E-state index in [4.69, 9.17) is 4.42 Å². The highest BCUT2D eigenvalue weighted by Gasteiger charge is 2.20. The van der Waals surface area contributed by atoms with E-state index < -0.39 is 0 Å². The van der Waals surface area contributed by atoms with Gasteiger partial charge in [-0.2, -0.15) is 0 Å². The average Bonchev–Trinajstić information content (AvgIpc) is 3.08. The molecule has 0 amide bonds. The Morgan fingerprint density at radius 1 is 1.28 bits per heavy atom. The second-order valence-corrected chi connectivity index (χ2v) is 5.07. The summed E-state index contributed by atoms with van der Waals surface area (Å²) in [6.45, 7) is 4.96. The lowest BCUT2D eigenvalue weighted by molar-refractivity contribution is 0.476. The Bertz CT molecular complexity index is 555. The minimum absolute atomic E-state index is 0.682. The van der Waals surface area contributed by atoms with Gasteiger partial charge >= 0.3 is 0 Å². The van der Waals surface area contributed by atoms with Gasteiger partial charge in [-0.05, 0) is 43.9 Å². The third kappa shape index (κ3) is 2.46. The first-order chi connectivity index (χ1) is 8.72. The van der Waals surface area contributed by atoms with Gasteiger partial charge in [0.1, 0.15) is 0 Å². The second-order valence-electron chi connectivity index (χ2n) is 5.07. The van der Waals surface area contributed by atoms with Crippen LogP contribution in [0.4, 0.5) is 0 Å². The fourth-order valence-corrected chi connectivity index (χ4v) is 1.94. The molecule has 3 heteroatoms. The van der Waals surface area contributed by atoms with Crippen molar-refractivity contribution < 1.29 is 4.42 Å². The van der Waals surface area contributed by atoms with Crippen molar-refractivity contribution in [2.45, 2.75) is 39.3 Å². The van der Waals surface area contributed by atoms with Crippen LogP contribution in [0, 0.1) is 13.8 Å². The van der Waals surface area contributed by atoms with Gasteiger partial charge in [0, 0.05) is 11.6 Å². The number of aromatic nitrogens is 1. The Morgan fingerprint density at radius 3 is 2.83 bits per heavy atom. The Hall–Kier alpha value is -1.61. The topological polar surface area (TPSA) is 38.1 Å². The van der Waals surface area contributed by atoms with E-state index in [1.165, 1.54) is 24.0 Å². The van der Waals surface area contributed by atoms with Crippen LogP contribution in [0.1, 0.15) is 29.9 Å². The first-order valence-electron chi connectivity index (χ1n) is 6.48. The molecule has 18 heavy (non-hydrogen) atoms. The molecule has 1 heterocycles. The fourth-order valence-electron chi connectivity index (χ4n) is 1.94. The lowest BCUT2D eigenvalue weighted by atomic mass is 10.1. The first kappa shape index (κ1) is 11.5. The van der Waals surface area contributed by atoms with Gasteiger partial charge in [0.05, 0.1) is 12.7 Å². The molecule has 1 saturated carbocycles. The smallest absolute Gasteiger partial charge is 0.208 e. The summed E-state index contributed by atoms with van der Waals surface area (Å²) in [7, 11) is 0. The molecule has 0 saturated heterocycles. The van der Waals surface area contributed by atoms with Crippen LogP contribution in [0.15, 0.2) is 28.8 Å². The van der Waals surface area contributed by atoms with Gasteiger partial charge in [-0.15, -0.1) is 0 Å². The number of hydrogen-bond acceptors (Lipinski definition) is 3. The van der Waals surface area contributed by atoms with Crippen molar-refractivity contribution in [2.24, 2.45) is 0 Å². The van der Waals surface area contributed by atoms with E-state index in [-0.39, 0.29) is 0 Å². The molecule has 1 aromatic carbocycles. The highest BCUT2D eigenvalue weighted by atomic mass is 16.4. The number of hydrogen-bond donors (Lipinski definition) is 1. The van der Waals surface area contributed by atoms with E-state index in [9.17, 15) is 0 Å². The Morgan fingerprint density at radius 2 is 2.11 bits per heavy atom.